The van der Waals surface area contributed by atoms with Crippen molar-refractivity contribution >= 4 is 58.0 Å². The molecule has 5 rings (SSSR count). The van der Waals surface area contributed by atoms with Crippen LogP contribution in [0.2, 0.25) is 10.0 Å². The monoisotopic (exact) mass is 643 g/mol. The van der Waals surface area contributed by atoms with Crippen LogP contribution < -0.4 is 5.32 Å². The number of thiophene rings is 1. The molecule has 230 valence electrons. The maximum Gasteiger partial charge on any atom is 0.275 e. The highest BCUT2D eigenvalue weighted by Crippen LogP contribution is 2.51. The number of rotatable bonds is 7. The van der Waals surface area contributed by atoms with Crippen LogP contribution in [0.5, 0.6) is 0 Å². The van der Waals surface area contributed by atoms with Crippen molar-refractivity contribution in [3.63, 3.8) is 0 Å². The predicted molar refractivity (Wildman–Crippen MR) is 172 cm³/mol. The Labute approximate surface area is 266 Å². The van der Waals surface area contributed by atoms with Gasteiger partial charge in [0.25, 0.3) is 17.8 Å². The van der Waals surface area contributed by atoms with Crippen LogP contribution in [0.4, 0.5) is 5.95 Å². The Morgan fingerprint density at radius 3 is 2.37 bits per heavy atom. The fraction of sp³-hybridized carbons (Fsp3) is 0.548. The zero-order valence-corrected chi connectivity index (χ0v) is 27.8. The fourth-order valence-electron chi connectivity index (χ4n) is 6.22. The number of benzene rings is 1. The Morgan fingerprint density at radius 1 is 1.12 bits per heavy atom. The Hall–Kier alpha value is -2.82. The molecule has 1 aromatic carbocycles. The number of hydrogen-bond acceptors (Lipinski definition) is 7. The van der Waals surface area contributed by atoms with Crippen molar-refractivity contribution in [1.29, 1.82) is 0 Å². The third kappa shape index (κ3) is 6.97. The molecule has 3 heterocycles. The highest BCUT2D eigenvalue weighted by Gasteiger charge is 2.53. The average molecular weight is 645 g/mol. The van der Waals surface area contributed by atoms with Gasteiger partial charge in [-0.1, -0.05) is 69.8 Å². The molecule has 12 heteroatoms. The standard InChI is InChI=1S/C31H39Cl2N7O2S/c1-29(2,3)12-11-22(23-7-8-24(43-23)26(41)34-28-36-38-39-37-28)40-27(42)25(18-15-20(32)17-21(33)16-18)35-31(40)13-9-19(10-14-31)30(4,5)6/h7-8,15-17,19,22H,9-14H2,1-6H3,(H2,34,36,37,38,39,41). The minimum Gasteiger partial charge on any atom is -0.305 e. The van der Waals surface area contributed by atoms with E-state index in [2.05, 4.69) is 67.5 Å². The number of hydrogen-bond donors (Lipinski definition) is 2. The molecule has 1 aliphatic carbocycles. The van der Waals surface area contributed by atoms with Crippen LogP contribution in [0.1, 0.15) is 106 Å². The van der Waals surface area contributed by atoms with Crippen LogP contribution in [0, 0.1) is 16.7 Å². The van der Waals surface area contributed by atoms with E-state index in [1.54, 1.807) is 24.3 Å². The normalized spacial score (nSPS) is 21.8. The molecule has 0 saturated heterocycles. The van der Waals surface area contributed by atoms with Gasteiger partial charge >= 0.3 is 0 Å². The Balaban J connectivity index is 1.55. The number of amides is 2. The number of nitrogens with one attached hydrogen (secondary N) is 2. The highest BCUT2D eigenvalue weighted by molar-refractivity contribution is 7.14. The first-order valence-corrected chi connectivity index (χ1v) is 16.3. The maximum atomic E-state index is 14.6. The molecule has 2 aromatic heterocycles. The van der Waals surface area contributed by atoms with E-state index in [9.17, 15) is 9.59 Å². The molecule has 1 unspecified atom stereocenters. The van der Waals surface area contributed by atoms with E-state index in [1.807, 2.05) is 11.0 Å². The first kappa shape index (κ1) is 31.6. The summed E-state index contributed by atoms with van der Waals surface area (Å²) in [5.74, 6) is 0.181. The molecule has 2 aliphatic rings. The van der Waals surface area contributed by atoms with Crippen molar-refractivity contribution in [3.8, 4) is 0 Å². The smallest absolute Gasteiger partial charge is 0.275 e. The quantitative estimate of drug-likeness (QED) is 0.271. The SMILES string of the molecule is CC(C)(C)CCC(c1ccc(C(=O)Nc2nn[nH]n2)s1)N1C(=O)C(c2cc(Cl)cc(Cl)c2)=NC12CCC(C(C)(C)C)CC2. The minimum absolute atomic E-state index is 0.0400. The van der Waals surface area contributed by atoms with Gasteiger partial charge in [-0.15, -0.1) is 16.4 Å². The van der Waals surface area contributed by atoms with Crippen LogP contribution in [-0.4, -0.2) is 48.7 Å². The van der Waals surface area contributed by atoms with Gasteiger partial charge in [0.2, 0.25) is 0 Å². The van der Waals surface area contributed by atoms with E-state index in [-0.39, 0.29) is 34.6 Å². The molecule has 2 N–H and O–H groups in total. The largest absolute Gasteiger partial charge is 0.305 e. The van der Waals surface area contributed by atoms with Crippen LogP contribution in [0.15, 0.2) is 35.3 Å². The zero-order chi connectivity index (χ0) is 31.2. The van der Waals surface area contributed by atoms with Gasteiger partial charge < -0.3 is 4.90 Å². The summed E-state index contributed by atoms with van der Waals surface area (Å²) in [5, 5.41) is 17.1. The molecule has 3 aromatic rings. The number of aromatic amines is 1. The average Bonchev–Trinajstić information content (AvgIpc) is 3.65. The van der Waals surface area contributed by atoms with E-state index in [4.69, 9.17) is 28.2 Å². The lowest BCUT2D eigenvalue weighted by molar-refractivity contribution is -0.133. The summed E-state index contributed by atoms with van der Waals surface area (Å²) in [6.45, 7) is 13.5. The topological polar surface area (TPSA) is 116 Å². The molecule has 2 amide bonds. The molecule has 1 saturated carbocycles. The molecule has 43 heavy (non-hydrogen) atoms. The van der Waals surface area contributed by atoms with Crippen LogP contribution in [0.3, 0.4) is 0 Å². The lowest BCUT2D eigenvalue weighted by Crippen LogP contribution is -2.51. The molecule has 0 bridgehead atoms. The summed E-state index contributed by atoms with van der Waals surface area (Å²) in [6, 6.07) is 8.66. The van der Waals surface area contributed by atoms with Crippen molar-refractivity contribution in [2.45, 2.75) is 91.8 Å². The molecular formula is C31H39Cl2N7O2S. The first-order chi connectivity index (χ1) is 20.1. The molecule has 1 aliphatic heterocycles. The van der Waals surface area contributed by atoms with Crippen molar-refractivity contribution in [1.82, 2.24) is 25.5 Å². The van der Waals surface area contributed by atoms with Crippen molar-refractivity contribution < 1.29 is 9.59 Å². The number of carbonyl (C=O) groups is 2. The van der Waals surface area contributed by atoms with E-state index >= 15 is 0 Å². The van der Waals surface area contributed by atoms with Crippen molar-refractivity contribution in [2.75, 3.05) is 5.32 Å². The third-order valence-electron chi connectivity index (χ3n) is 8.57. The van der Waals surface area contributed by atoms with Gasteiger partial charge in [-0.05, 0) is 90.8 Å². The van der Waals surface area contributed by atoms with E-state index < -0.39 is 5.66 Å². The third-order valence-corrected chi connectivity index (χ3v) is 10.2. The number of carbonyl (C=O) groups excluding carboxylic acids is 2. The lowest BCUT2D eigenvalue weighted by Gasteiger charge is -2.47. The molecule has 1 atom stereocenters. The Kier molecular flexibility index (Phi) is 8.77. The minimum atomic E-state index is -0.692. The predicted octanol–water partition coefficient (Wildman–Crippen LogP) is 7.95. The van der Waals surface area contributed by atoms with Crippen LogP contribution in [-0.2, 0) is 4.79 Å². The van der Waals surface area contributed by atoms with Crippen molar-refractivity contribution in [3.05, 3.63) is 55.7 Å². The van der Waals surface area contributed by atoms with Crippen LogP contribution in [0.25, 0.3) is 0 Å². The number of halogens is 2. The summed E-state index contributed by atoms with van der Waals surface area (Å²) >= 11 is 14.1. The molecule has 0 radical (unpaired) electrons. The summed E-state index contributed by atoms with van der Waals surface area (Å²) in [4.78, 5) is 36.3. The van der Waals surface area contributed by atoms with Gasteiger partial charge in [-0.2, -0.15) is 5.21 Å². The zero-order valence-electron chi connectivity index (χ0n) is 25.5. The molecule has 1 fully saturated rings. The van der Waals surface area contributed by atoms with Crippen LogP contribution >= 0.6 is 34.5 Å². The molecule has 9 nitrogen and oxygen atoms in total. The summed E-state index contributed by atoms with van der Waals surface area (Å²) in [6.07, 6.45) is 5.07. The number of aromatic nitrogens is 4. The van der Waals surface area contributed by atoms with Gasteiger partial charge in [0.15, 0.2) is 0 Å². The van der Waals surface area contributed by atoms with Gasteiger partial charge in [0, 0.05) is 20.5 Å². The number of anilines is 1. The van der Waals surface area contributed by atoms with E-state index in [0.29, 0.717) is 32.1 Å². The second kappa shape index (κ2) is 11.9. The number of nitrogens with zero attached hydrogens (tertiary/aromatic N) is 5. The maximum absolute atomic E-state index is 14.6. The van der Waals surface area contributed by atoms with Crippen molar-refractivity contribution in [2.24, 2.45) is 21.7 Å². The summed E-state index contributed by atoms with van der Waals surface area (Å²) in [5.41, 5.74) is 0.540. The van der Waals surface area contributed by atoms with E-state index in [1.165, 1.54) is 11.3 Å². The summed E-state index contributed by atoms with van der Waals surface area (Å²) in [7, 11) is 0. The molecular weight excluding hydrogens is 605 g/mol. The second-order valence-corrected chi connectivity index (χ2v) is 15.9. The fourth-order valence-corrected chi connectivity index (χ4v) is 7.78. The van der Waals surface area contributed by atoms with E-state index in [0.717, 1.165) is 43.4 Å². The Morgan fingerprint density at radius 2 is 1.79 bits per heavy atom. The Bertz CT molecular complexity index is 1490. The van der Waals surface area contributed by atoms with Gasteiger partial charge in [-0.25, -0.2) is 0 Å². The number of H-pyrrole nitrogens is 1. The van der Waals surface area contributed by atoms with Gasteiger partial charge in [0.05, 0.1) is 10.9 Å². The summed E-state index contributed by atoms with van der Waals surface area (Å²) < 4.78 is 0. The lowest BCUT2D eigenvalue weighted by atomic mass is 9.69. The number of aliphatic imine (C=N–C) groups is 1. The van der Waals surface area contributed by atoms with Gasteiger partial charge in [0.1, 0.15) is 11.4 Å². The number of tetrazole rings is 1. The second-order valence-electron chi connectivity index (χ2n) is 13.9. The first-order valence-electron chi connectivity index (χ1n) is 14.7. The van der Waals surface area contributed by atoms with Gasteiger partial charge in [-0.3, -0.25) is 19.9 Å². The highest BCUT2D eigenvalue weighted by atomic mass is 35.5. The molecule has 1 spiro atoms.